The Labute approximate surface area is 149 Å². The molecule has 2 aromatic rings. The molecule has 0 saturated heterocycles. The summed E-state index contributed by atoms with van der Waals surface area (Å²) in [5, 5.41) is 2.76. The van der Waals surface area contributed by atoms with Crippen LogP contribution in [0, 0.1) is 5.82 Å². The molecule has 0 radical (unpaired) electrons. The van der Waals surface area contributed by atoms with Crippen LogP contribution in [-0.4, -0.2) is 35.8 Å². The molecule has 5 nitrogen and oxygen atoms in total. The minimum absolute atomic E-state index is 0.130. The monoisotopic (exact) mass is 361 g/mol. The van der Waals surface area contributed by atoms with Gasteiger partial charge in [-0.05, 0) is 31.0 Å². The van der Waals surface area contributed by atoms with Crippen molar-refractivity contribution in [2.75, 3.05) is 19.4 Å². The number of halogens is 1. The van der Waals surface area contributed by atoms with Crippen LogP contribution in [-0.2, 0) is 0 Å². The summed E-state index contributed by atoms with van der Waals surface area (Å²) in [6.07, 6.45) is 4.40. The van der Waals surface area contributed by atoms with Gasteiger partial charge in [0.15, 0.2) is 0 Å². The molecule has 1 aromatic heterocycles. The second-order valence-electron chi connectivity index (χ2n) is 6.39. The predicted octanol–water partition coefficient (Wildman–Crippen LogP) is 3.89. The highest BCUT2D eigenvalue weighted by Gasteiger charge is 2.26. The number of benzene rings is 1. The highest BCUT2D eigenvalue weighted by molar-refractivity contribution is 7.12. The Morgan fingerprint density at radius 1 is 1.28 bits per heavy atom. The number of nitrogens with one attached hydrogen (secondary N) is 1. The lowest BCUT2D eigenvalue weighted by Crippen LogP contribution is -2.24. The lowest BCUT2D eigenvalue weighted by Gasteiger charge is -2.15. The van der Waals surface area contributed by atoms with Crippen LogP contribution in [0.25, 0.3) is 0 Å². The fourth-order valence-electron chi connectivity index (χ4n) is 3.14. The molecule has 7 heteroatoms. The largest absolute Gasteiger partial charge is 0.345 e. The van der Waals surface area contributed by atoms with Gasteiger partial charge in [0, 0.05) is 20.0 Å². The molecule has 0 spiro atoms. The molecule has 2 amide bonds. The standard InChI is InChI=1S/C18H20FN3O2S/c1-22(2)18(24)13-9-12(19)7-8-14(13)21-17(23)16-15(20-10-25-16)11-5-3-4-6-11/h7-11H,3-6H2,1-2H3,(H,21,23). The van der Waals surface area contributed by atoms with E-state index in [4.69, 9.17) is 0 Å². The fraction of sp³-hybridized carbons (Fsp3) is 0.389. The minimum atomic E-state index is -0.521. The van der Waals surface area contributed by atoms with Gasteiger partial charge in [0.25, 0.3) is 11.8 Å². The molecule has 1 N–H and O–H groups in total. The topological polar surface area (TPSA) is 62.3 Å². The summed E-state index contributed by atoms with van der Waals surface area (Å²) >= 11 is 1.29. The molecule has 25 heavy (non-hydrogen) atoms. The first-order valence-corrected chi connectivity index (χ1v) is 9.11. The lowest BCUT2D eigenvalue weighted by molar-refractivity contribution is 0.0828. The van der Waals surface area contributed by atoms with Crippen molar-refractivity contribution in [3.8, 4) is 0 Å². The summed E-state index contributed by atoms with van der Waals surface area (Å²) in [6, 6.07) is 3.79. The molecule has 1 saturated carbocycles. The summed E-state index contributed by atoms with van der Waals surface area (Å²) in [5.41, 5.74) is 2.95. The zero-order valence-electron chi connectivity index (χ0n) is 14.2. The average molecular weight is 361 g/mol. The summed E-state index contributed by atoms with van der Waals surface area (Å²) in [7, 11) is 3.17. The quantitative estimate of drug-likeness (QED) is 0.898. The normalized spacial score (nSPS) is 14.5. The van der Waals surface area contributed by atoms with Gasteiger partial charge in [-0.25, -0.2) is 9.37 Å². The highest BCUT2D eigenvalue weighted by Crippen LogP contribution is 2.36. The lowest BCUT2D eigenvalue weighted by atomic mass is 10.0. The van der Waals surface area contributed by atoms with Gasteiger partial charge in [-0.15, -0.1) is 11.3 Å². The van der Waals surface area contributed by atoms with E-state index in [0.717, 1.165) is 37.4 Å². The van der Waals surface area contributed by atoms with Gasteiger partial charge >= 0.3 is 0 Å². The number of aromatic nitrogens is 1. The second kappa shape index (κ2) is 7.31. The summed E-state index contributed by atoms with van der Waals surface area (Å²) in [4.78, 5) is 31.3. The fourth-order valence-corrected chi connectivity index (χ4v) is 3.91. The van der Waals surface area contributed by atoms with E-state index >= 15 is 0 Å². The van der Waals surface area contributed by atoms with Crippen molar-refractivity contribution in [1.29, 1.82) is 0 Å². The molecule has 3 rings (SSSR count). The number of thiazole rings is 1. The molecule has 0 unspecified atom stereocenters. The molecule has 0 bridgehead atoms. The maximum atomic E-state index is 13.6. The van der Waals surface area contributed by atoms with Crippen molar-refractivity contribution in [3.05, 3.63) is 45.7 Å². The van der Waals surface area contributed by atoms with Gasteiger partial charge < -0.3 is 10.2 Å². The zero-order chi connectivity index (χ0) is 18.0. The van der Waals surface area contributed by atoms with E-state index in [9.17, 15) is 14.0 Å². The van der Waals surface area contributed by atoms with Crippen LogP contribution < -0.4 is 5.32 Å². The van der Waals surface area contributed by atoms with Crippen molar-refractivity contribution >= 4 is 28.8 Å². The van der Waals surface area contributed by atoms with Crippen LogP contribution >= 0.6 is 11.3 Å². The van der Waals surface area contributed by atoms with Gasteiger partial charge in [0.1, 0.15) is 10.7 Å². The molecular formula is C18H20FN3O2S. The Hall–Kier alpha value is -2.28. The Morgan fingerprint density at radius 3 is 2.68 bits per heavy atom. The number of carbonyl (C=O) groups is 2. The molecule has 132 valence electrons. The van der Waals surface area contributed by atoms with Crippen molar-refractivity contribution < 1.29 is 14.0 Å². The van der Waals surface area contributed by atoms with Crippen molar-refractivity contribution in [2.24, 2.45) is 0 Å². The van der Waals surface area contributed by atoms with E-state index in [1.165, 1.54) is 28.4 Å². The summed E-state index contributed by atoms with van der Waals surface area (Å²) in [5.74, 6) is -0.866. The zero-order valence-corrected chi connectivity index (χ0v) is 15.0. The van der Waals surface area contributed by atoms with Crippen LogP contribution in [0.2, 0.25) is 0 Å². The van der Waals surface area contributed by atoms with Gasteiger partial charge in [0.2, 0.25) is 0 Å². The smallest absolute Gasteiger partial charge is 0.267 e. The van der Waals surface area contributed by atoms with Gasteiger partial charge in [-0.1, -0.05) is 12.8 Å². The Balaban J connectivity index is 1.87. The summed E-state index contributed by atoms with van der Waals surface area (Å²) in [6.45, 7) is 0. The molecular weight excluding hydrogens is 341 g/mol. The first kappa shape index (κ1) is 17.5. The SMILES string of the molecule is CN(C)C(=O)c1cc(F)ccc1NC(=O)c1scnc1C1CCCC1. The van der Waals surface area contributed by atoms with Gasteiger partial charge in [-0.3, -0.25) is 9.59 Å². The van der Waals surface area contributed by atoms with Crippen LogP contribution in [0.3, 0.4) is 0 Å². The van der Waals surface area contributed by atoms with Crippen molar-refractivity contribution in [1.82, 2.24) is 9.88 Å². The molecule has 1 aromatic carbocycles. The van der Waals surface area contributed by atoms with E-state index < -0.39 is 5.82 Å². The van der Waals surface area contributed by atoms with E-state index in [-0.39, 0.29) is 17.4 Å². The Morgan fingerprint density at radius 2 is 2.00 bits per heavy atom. The molecule has 0 atom stereocenters. The number of amides is 2. The van der Waals surface area contributed by atoms with Crippen LogP contribution in [0.15, 0.2) is 23.7 Å². The number of hydrogen-bond donors (Lipinski definition) is 1. The van der Waals surface area contributed by atoms with E-state index in [0.29, 0.717) is 16.5 Å². The van der Waals surface area contributed by atoms with E-state index in [1.807, 2.05) is 0 Å². The third-order valence-corrected chi connectivity index (χ3v) is 5.25. The van der Waals surface area contributed by atoms with E-state index in [1.54, 1.807) is 19.6 Å². The molecule has 1 aliphatic carbocycles. The number of nitrogens with zero attached hydrogens (tertiary/aromatic N) is 2. The molecule has 1 fully saturated rings. The van der Waals surface area contributed by atoms with Crippen LogP contribution in [0.1, 0.15) is 57.3 Å². The molecule has 1 heterocycles. The number of hydrogen-bond acceptors (Lipinski definition) is 4. The summed E-state index contributed by atoms with van der Waals surface area (Å²) < 4.78 is 13.6. The first-order valence-electron chi connectivity index (χ1n) is 8.23. The Bertz CT molecular complexity index is 797. The van der Waals surface area contributed by atoms with Crippen LogP contribution in [0.5, 0.6) is 0 Å². The van der Waals surface area contributed by atoms with Crippen molar-refractivity contribution in [2.45, 2.75) is 31.6 Å². The number of carbonyl (C=O) groups excluding carboxylic acids is 2. The first-order chi connectivity index (χ1) is 12.0. The van der Waals surface area contributed by atoms with Gasteiger partial charge in [0.05, 0.1) is 22.5 Å². The average Bonchev–Trinajstić information content (AvgIpc) is 3.26. The molecule has 1 aliphatic rings. The predicted molar refractivity (Wildman–Crippen MR) is 95.7 cm³/mol. The second-order valence-corrected chi connectivity index (χ2v) is 7.25. The maximum absolute atomic E-state index is 13.6. The van der Waals surface area contributed by atoms with Gasteiger partial charge in [-0.2, -0.15) is 0 Å². The molecule has 0 aliphatic heterocycles. The third-order valence-electron chi connectivity index (χ3n) is 4.41. The third kappa shape index (κ3) is 3.71. The minimum Gasteiger partial charge on any atom is -0.345 e. The number of anilines is 1. The Kier molecular flexibility index (Phi) is 5.13. The highest BCUT2D eigenvalue weighted by atomic mass is 32.1. The maximum Gasteiger partial charge on any atom is 0.267 e. The van der Waals surface area contributed by atoms with Crippen LogP contribution in [0.4, 0.5) is 10.1 Å². The van der Waals surface area contributed by atoms with Crippen molar-refractivity contribution in [3.63, 3.8) is 0 Å². The number of rotatable bonds is 4. The van der Waals surface area contributed by atoms with E-state index in [2.05, 4.69) is 10.3 Å².